The van der Waals surface area contributed by atoms with E-state index >= 15 is 0 Å². The van der Waals surface area contributed by atoms with Gasteiger partial charge in [-0.1, -0.05) is 18.2 Å². The highest BCUT2D eigenvalue weighted by atomic mass is 32.2. The zero-order valence-corrected chi connectivity index (χ0v) is 20.1. The quantitative estimate of drug-likeness (QED) is 0.414. The molecule has 0 saturated carbocycles. The molecule has 1 aromatic heterocycles. The molecule has 0 atom stereocenters. The number of ether oxygens (including phenoxy) is 2. The zero-order valence-electron chi connectivity index (χ0n) is 19.3. The number of para-hydroxylation sites is 1. The van der Waals surface area contributed by atoms with Crippen molar-refractivity contribution in [1.82, 2.24) is 4.31 Å². The Morgan fingerprint density at radius 2 is 1.77 bits per heavy atom. The van der Waals surface area contributed by atoms with Crippen molar-refractivity contribution in [3.8, 4) is 5.75 Å². The lowest BCUT2D eigenvalue weighted by atomic mass is 10.1. The topological polar surface area (TPSA) is 98.1 Å². The molecule has 9 heteroatoms. The molecule has 182 valence electrons. The molecular formula is C26H26N2O6S. The lowest BCUT2D eigenvalue weighted by molar-refractivity contribution is -0.116. The Morgan fingerprint density at radius 1 is 1.00 bits per heavy atom. The number of hydrogen-bond donors (Lipinski definition) is 1. The number of nitrogens with zero attached hydrogens (tertiary/aromatic N) is 1. The molecule has 0 radical (unpaired) electrons. The van der Waals surface area contributed by atoms with Crippen LogP contribution in [-0.4, -0.2) is 52.0 Å². The first-order valence-electron chi connectivity index (χ1n) is 11.4. The number of sulfonamides is 1. The first kappa shape index (κ1) is 23.3. The molecule has 1 aliphatic rings. The van der Waals surface area contributed by atoms with Crippen molar-refractivity contribution in [1.29, 1.82) is 0 Å². The molecule has 8 nitrogen and oxygen atoms in total. The molecule has 1 amide bonds. The Morgan fingerprint density at radius 3 is 2.57 bits per heavy atom. The van der Waals surface area contributed by atoms with E-state index in [2.05, 4.69) is 5.32 Å². The first-order valence-corrected chi connectivity index (χ1v) is 12.9. The Kier molecular flexibility index (Phi) is 6.46. The van der Waals surface area contributed by atoms with Crippen LogP contribution >= 0.6 is 0 Å². The molecule has 2 heterocycles. The van der Waals surface area contributed by atoms with E-state index in [-0.39, 0.29) is 17.2 Å². The summed E-state index contributed by atoms with van der Waals surface area (Å²) < 4.78 is 44.1. The third kappa shape index (κ3) is 4.75. The van der Waals surface area contributed by atoms with Crippen LogP contribution < -0.4 is 10.1 Å². The molecule has 0 spiro atoms. The maximum Gasteiger partial charge on any atom is 0.243 e. The normalized spacial score (nSPS) is 14.9. The van der Waals surface area contributed by atoms with E-state index in [1.165, 1.54) is 17.5 Å². The number of morpholine rings is 1. The minimum Gasteiger partial charge on any atom is -0.496 e. The number of benzene rings is 3. The van der Waals surface area contributed by atoms with Crippen LogP contribution in [0.3, 0.4) is 0 Å². The highest BCUT2D eigenvalue weighted by Gasteiger charge is 2.27. The minimum atomic E-state index is -3.64. The van der Waals surface area contributed by atoms with E-state index in [9.17, 15) is 13.2 Å². The number of methoxy groups -OCH3 is 1. The molecule has 0 unspecified atom stereocenters. The Hall–Kier alpha value is -3.40. The van der Waals surface area contributed by atoms with Crippen LogP contribution in [-0.2, 0) is 26.0 Å². The predicted molar refractivity (Wildman–Crippen MR) is 133 cm³/mol. The first-order chi connectivity index (χ1) is 17.0. The molecule has 1 N–H and O–H groups in total. The van der Waals surface area contributed by atoms with Crippen LogP contribution in [0.4, 0.5) is 5.69 Å². The molecule has 4 aromatic rings. The largest absolute Gasteiger partial charge is 0.496 e. The number of hydrogen-bond acceptors (Lipinski definition) is 6. The lowest BCUT2D eigenvalue weighted by Crippen LogP contribution is -2.40. The van der Waals surface area contributed by atoms with Gasteiger partial charge >= 0.3 is 0 Å². The number of nitrogens with one attached hydrogen (secondary N) is 1. The molecule has 3 aromatic carbocycles. The van der Waals surface area contributed by atoms with E-state index in [0.717, 1.165) is 16.4 Å². The summed E-state index contributed by atoms with van der Waals surface area (Å²) >= 11 is 0. The number of aryl methyl sites for hydroxylation is 1. The number of furan rings is 1. The van der Waals surface area contributed by atoms with Gasteiger partial charge in [0, 0.05) is 42.0 Å². The molecule has 1 aliphatic heterocycles. The summed E-state index contributed by atoms with van der Waals surface area (Å²) in [6.45, 7) is 1.40. The summed E-state index contributed by atoms with van der Waals surface area (Å²) in [6, 6.07) is 18.1. The fraction of sp³-hybridized carbons (Fsp3) is 0.269. The summed E-state index contributed by atoms with van der Waals surface area (Å²) in [5, 5.41) is 4.92. The van der Waals surface area contributed by atoms with Crippen LogP contribution in [0, 0.1) is 0 Å². The number of carbonyl (C=O) groups is 1. The number of fused-ring (bicyclic) bond motifs is 3. The van der Waals surface area contributed by atoms with Gasteiger partial charge in [-0.15, -0.1) is 0 Å². The summed E-state index contributed by atoms with van der Waals surface area (Å²) in [7, 11) is -2.12. The van der Waals surface area contributed by atoms with Gasteiger partial charge in [0.1, 0.15) is 16.9 Å². The third-order valence-corrected chi connectivity index (χ3v) is 8.04. The van der Waals surface area contributed by atoms with Crippen molar-refractivity contribution in [3.63, 3.8) is 0 Å². The van der Waals surface area contributed by atoms with Crippen molar-refractivity contribution in [2.45, 2.75) is 17.7 Å². The Bertz CT molecular complexity index is 1490. The lowest BCUT2D eigenvalue weighted by Gasteiger charge is -2.26. The van der Waals surface area contributed by atoms with Crippen molar-refractivity contribution < 1.29 is 27.1 Å². The van der Waals surface area contributed by atoms with Gasteiger partial charge in [0.2, 0.25) is 15.9 Å². The van der Waals surface area contributed by atoms with Crippen LogP contribution in [0.2, 0.25) is 0 Å². The summed E-state index contributed by atoms with van der Waals surface area (Å²) in [5.41, 5.74) is 2.79. The summed E-state index contributed by atoms with van der Waals surface area (Å²) in [5.74, 6) is 0.353. The van der Waals surface area contributed by atoms with Crippen molar-refractivity contribution in [3.05, 3.63) is 66.2 Å². The van der Waals surface area contributed by atoms with E-state index < -0.39 is 10.0 Å². The van der Waals surface area contributed by atoms with Gasteiger partial charge in [-0.3, -0.25) is 4.79 Å². The molecule has 1 fully saturated rings. The van der Waals surface area contributed by atoms with Gasteiger partial charge in [0.25, 0.3) is 0 Å². The van der Waals surface area contributed by atoms with Crippen LogP contribution in [0.1, 0.15) is 12.0 Å². The predicted octanol–water partition coefficient (Wildman–Crippen LogP) is 4.19. The number of anilines is 1. The van der Waals surface area contributed by atoms with Gasteiger partial charge < -0.3 is 19.2 Å². The highest BCUT2D eigenvalue weighted by molar-refractivity contribution is 7.89. The van der Waals surface area contributed by atoms with Gasteiger partial charge in [-0.25, -0.2) is 8.42 Å². The maximum atomic E-state index is 13.0. The number of carbonyl (C=O) groups excluding carboxylic acids is 1. The zero-order chi connectivity index (χ0) is 24.4. The van der Waals surface area contributed by atoms with Gasteiger partial charge in [-0.05, 0) is 48.4 Å². The van der Waals surface area contributed by atoms with Crippen molar-refractivity contribution in [2.24, 2.45) is 0 Å². The van der Waals surface area contributed by atoms with E-state index in [1.54, 1.807) is 12.1 Å². The highest BCUT2D eigenvalue weighted by Crippen LogP contribution is 2.31. The molecule has 35 heavy (non-hydrogen) atoms. The Balaban J connectivity index is 1.30. The van der Waals surface area contributed by atoms with Crippen molar-refractivity contribution in [2.75, 3.05) is 38.7 Å². The fourth-order valence-corrected chi connectivity index (χ4v) is 5.78. The molecule has 5 rings (SSSR count). The molecule has 0 aliphatic carbocycles. The third-order valence-electron chi connectivity index (χ3n) is 6.14. The second kappa shape index (κ2) is 9.69. The van der Waals surface area contributed by atoms with Crippen molar-refractivity contribution >= 4 is 43.6 Å². The Labute approximate surface area is 203 Å². The van der Waals surface area contributed by atoms with Crippen LogP contribution in [0.5, 0.6) is 5.75 Å². The standard InChI is InChI=1S/C26H26N2O6S/c1-32-23-10-8-20(35(30,31)28-12-14-33-15-13-28)16-18(23)6-11-26(29)27-19-7-9-22-21-4-2-3-5-24(21)34-25(22)17-19/h2-5,7-10,16-17H,6,11-15H2,1H3,(H,27,29). The number of amides is 1. The summed E-state index contributed by atoms with van der Waals surface area (Å²) in [6.07, 6.45) is 0.490. The fourth-order valence-electron chi connectivity index (χ4n) is 4.32. The average molecular weight is 495 g/mol. The smallest absolute Gasteiger partial charge is 0.243 e. The van der Waals surface area contributed by atoms with Crippen LogP contribution in [0.25, 0.3) is 21.9 Å². The maximum absolute atomic E-state index is 13.0. The van der Waals surface area contributed by atoms with E-state index in [0.29, 0.717) is 55.3 Å². The van der Waals surface area contributed by atoms with Gasteiger partial charge in [-0.2, -0.15) is 4.31 Å². The van der Waals surface area contributed by atoms with Gasteiger partial charge in [0.05, 0.1) is 25.2 Å². The molecule has 0 bridgehead atoms. The molecular weight excluding hydrogens is 468 g/mol. The van der Waals surface area contributed by atoms with E-state index in [1.807, 2.05) is 42.5 Å². The number of rotatable bonds is 7. The second-order valence-electron chi connectivity index (χ2n) is 8.35. The monoisotopic (exact) mass is 494 g/mol. The SMILES string of the molecule is COc1ccc(S(=O)(=O)N2CCOCC2)cc1CCC(=O)Nc1ccc2c(c1)oc1ccccc12. The van der Waals surface area contributed by atoms with Gasteiger partial charge in [0.15, 0.2) is 0 Å². The average Bonchev–Trinajstić information content (AvgIpc) is 3.25. The van der Waals surface area contributed by atoms with Crippen LogP contribution in [0.15, 0.2) is 70.0 Å². The molecule has 1 saturated heterocycles. The second-order valence-corrected chi connectivity index (χ2v) is 10.3. The van der Waals surface area contributed by atoms with E-state index in [4.69, 9.17) is 13.9 Å². The minimum absolute atomic E-state index is 0.162. The summed E-state index contributed by atoms with van der Waals surface area (Å²) in [4.78, 5) is 12.9.